The number of aromatic nitrogens is 2. The molecule has 0 unspecified atom stereocenters. The van der Waals surface area contributed by atoms with Gasteiger partial charge in [0.1, 0.15) is 10.6 Å². The average Bonchev–Trinajstić information content (AvgIpc) is 3.69. The maximum absolute atomic E-state index is 13.0. The number of hydrogen-bond donors (Lipinski definition) is 2. The van der Waals surface area contributed by atoms with Gasteiger partial charge in [0, 0.05) is 43.5 Å². The van der Waals surface area contributed by atoms with Crippen LogP contribution in [0, 0.1) is 0 Å². The van der Waals surface area contributed by atoms with E-state index in [2.05, 4.69) is 44.5 Å². The summed E-state index contributed by atoms with van der Waals surface area (Å²) in [7, 11) is -4.03. The lowest BCUT2D eigenvalue weighted by Crippen LogP contribution is -2.38. The van der Waals surface area contributed by atoms with Gasteiger partial charge in [-0.3, -0.25) is 14.6 Å². The van der Waals surface area contributed by atoms with Crippen LogP contribution in [0.5, 0.6) is 5.75 Å². The minimum Gasteiger partial charge on any atom is -0.382 e. The molecule has 202 valence electrons. The van der Waals surface area contributed by atoms with Crippen molar-refractivity contribution in [2.75, 3.05) is 23.3 Å². The van der Waals surface area contributed by atoms with Crippen LogP contribution >= 0.6 is 0 Å². The quantitative estimate of drug-likeness (QED) is 0.223. The number of nitrogens with zero attached hydrogens (tertiary/aromatic N) is 3. The fraction of sp³-hybridized carbons (Fsp3) is 0.310. The molecule has 2 aliphatic rings. The lowest BCUT2D eigenvalue weighted by molar-refractivity contribution is -0.107. The standard InChI is InChI=1S/C29H31N5O4S/c35-20-34(24-8-9-24)29-31-27-13-10-25(18-28(27)32-29)38-39(36,37)26-11-6-22(7-12-26)30-23-14-16-33(17-15-23)19-21-4-2-1-3-5-21/h1-7,10-13,18,20,23-24,30H,8-9,14-17,19H2,(H,31,32). The van der Waals surface area contributed by atoms with Gasteiger partial charge in [-0.15, -0.1) is 0 Å². The molecule has 0 radical (unpaired) electrons. The summed E-state index contributed by atoms with van der Waals surface area (Å²) in [6.45, 7) is 3.00. The van der Waals surface area contributed by atoms with Gasteiger partial charge in [-0.1, -0.05) is 30.3 Å². The predicted octanol–water partition coefficient (Wildman–Crippen LogP) is 4.53. The van der Waals surface area contributed by atoms with E-state index in [9.17, 15) is 13.2 Å². The van der Waals surface area contributed by atoms with Crippen molar-refractivity contribution in [1.82, 2.24) is 14.9 Å². The smallest absolute Gasteiger partial charge is 0.339 e. The zero-order valence-electron chi connectivity index (χ0n) is 21.5. The summed E-state index contributed by atoms with van der Waals surface area (Å²) in [5, 5.41) is 3.54. The first kappa shape index (κ1) is 25.4. The van der Waals surface area contributed by atoms with E-state index < -0.39 is 10.1 Å². The molecule has 2 heterocycles. The first-order valence-electron chi connectivity index (χ1n) is 13.3. The zero-order valence-corrected chi connectivity index (χ0v) is 22.3. The summed E-state index contributed by atoms with van der Waals surface area (Å²) < 4.78 is 31.3. The number of likely N-dealkylation sites (tertiary alicyclic amines) is 1. The molecular formula is C29H31N5O4S. The molecule has 0 atom stereocenters. The SMILES string of the molecule is O=CN(c1nc2cc(OS(=O)(=O)c3ccc(NC4CCN(Cc5ccccc5)CC4)cc3)ccc2[nH]1)C1CC1. The van der Waals surface area contributed by atoms with Gasteiger partial charge in [0.05, 0.1) is 11.0 Å². The number of fused-ring (bicyclic) bond motifs is 1. The van der Waals surface area contributed by atoms with Crippen LogP contribution in [0.2, 0.25) is 0 Å². The van der Waals surface area contributed by atoms with Gasteiger partial charge in [-0.2, -0.15) is 8.42 Å². The van der Waals surface area contributed by atoms with E-state index in [1.165, 1.54) is 5.56 Å². The Hall–Kier alpha value is -3.89. The number of hydrogen-bond acceptors (Lipinski definition) is 7. The second-order valence-electron chi connectivity index (χ2n) is 10.2. The summed E-state index contributed by atoms with van der Waals surface area (Å²) in [6, 6.07) is 22.5. The summed E-state index contributed by atoms with van der Waals surface area (Å²) in [5.41, 5.74) is 3.44. The lowest BCUT2D eigenvalue weighted by atomic mass is 10.0. The Bertz CT molecular complexity index is 1540. The molecular weight excluding hydrogens is 514 g/mol. The van der Waals surface area contributed by atoms with Gasteiger partial charge >= 0.3 is 10.1 Å². The second kappa shape index (κ2) is 10.7. The highest BCUT2D eigenvalue weighted by molar-refractivity contribution is 7.87. The Labute approximate surface area is 227 Å². The molecule has 1 saturated heterocycles. The van der Waals surface area contributed by atoms with Crippen LogP contribution in [-0.4, -0.2) is 54.9 Å². The third kappa shape index (κ3) is 5.91. The number of aromatic amines is 1. The van der Waals surface area contributed by atoms with E-state index in [4.69, 9.17) is 4.18 Å². The van der Waals surface area contributed by atoms with Crippen molar-refractivity contribution in [2.45, 2.75) is 49.2 Å². The Morgan fingerprint density at radius 1 is 1.00 bits per heavy atom. The molecule has 0 bridgehead atoms. The monoisotopic (exact) mass is 545 g/mol. The largest absolute Gasteiger partial charge is 0.382 e. The molecule has 0 spiro atoms. The zero-order chi connectivity index (χ0) is 26.8. The molecule has 10 heteroatoms. The average molecular weight is 546 g/mol. The molecule has 6 rings (SSSR count). The number of carbonyl (C=O) groups is 1. The van der Waals surface area contributed by atoms with Crippen molar-refractivity contribution in [3.8, 4) is 5.75 Å². The van der Waals surface area contributed by atoms with Crippen molar-refractivity contribution in [3.63, 3.8) is 0 Å². The van der Waals surface area contributed by atoms with Gasteiger partial charge in [0.2, 0.25) is 12.4 Å². The van der Waals surface area contributed by atoms with Crippen LogP contribution in [0.3, 0.4) is 0 Å². The van der Waals surface area contributed by atoms with E-state index in [1.54, 1.807) is 47.4 Å². The topological polar surface area (TPSA) is 108 Å². The Balaban J connectivity index is 1.06. The molecule has 1 aromatic heterocycles. The van der Waals surface area contributed by atoms with Gasteiger partial charge in [-0.25, -0.2) is 4.98 Å². The van der Waals surface area contributed by atoms with Crippen molar-refractivity contribution in [1.29, 1.82) is 0 Å². The first-order valence-corrected chi connectivity index (χ1v) is 14.7. The van der Waals surface area contributed by atoms with E-state index in [0.717, 1.165) is 57.4 Å². The number of carbonyl (C=O) groups excluding carboxylic acids is 1. The number of imidazole rings is 1. The van der Waals surface area contributed by atoms with E-state index in [0.29, 0.717) is 23.0 Å². The minimum atomic E-state index is -4.03. The normalized spacial score (nSPS) is 16.7. The van der Waals surface area contributed by atoms with Crippen molar-refractivity contribution >= 4 is 39.2 Å². The molecule has 4 aromatic rings. The Kier molecular flexibility index (Phi) is 6.97. The molecule has 9 nitrogen and oxygen atoms in total. The molecule has 1 aliphatic heterocycles. The third-order valence-corrected chi connectivity index (χ3v) is 8.56. The highest BCUT2D eigenvalue weighted by Gasteiger charge is 2.31. The number of anilines is 2. The number of piperidine rings is 1. The fourth-order valence-corrected chi connectivity index (χ4v) is 5.94. The molecule has 39 heavy (non-hydrogen) atoms. The van der Waals surface area contributed by atoms with Crippen molar-refractivity contribution < 1.29 is 17.4 Å². The number of H-pyrrole nitrogens is 1. The maximum Gasteiger partial charge on any atom is 0.339 e. The first-order chi connectivity index (χ1) is 19.0. The molecule has 1 amide bonds. The van der Waals surface area contributed by atoms with Crippen LogP contribution in [0.1, 0.15) is 31.2 Å². The maximum atomic E-state index is 13.0. The summed E-state index contributed by atoms with van der Waals surface area (Å²) >= 11 is 0. The summed E-state index contributed by atoms with van der Waals surface area (Å²) in [6.07, 6.45) is 4.72. The molecule has 1 aliphatic carbocycles. The fourth-order valence-electron chi connectivity index (χ4n) is 5.01. The van der Waals surface area contributed by atoms with E-state index >= 15 is 0 Å². The van der Waals surface area contributed by atoms with Crippen LogP contribution in [-0.2, 0) is 21.5 Å². The highest BCUT2D eigenvalue weighted by Crippen LogP contribution is 2.31. The molecule has 2 N–H and O–H groups in total. The molecule has 2 fully saturated rings. The number of nitrogens with one attached hydrogen (secondary N) is 2. The number of amides is 1. The van der Waals surface area contributed by atoms with Gasteiger partial charge in [0.15, 0.2) is 0 Å². The van der Waals surface area contributed by atoms with Crippen LogP contribution in [0.15, 0.2) is 77.7 Å². The Morgan fingerprint density at radius 2 is 1.74 bits per heavy atom. The van der Waals surface area contributed by atoms with Crippen molar-refractivity contribution in [2.24, 2.45) is 0 Å². The van der Waals surface area contributed by atoms with Crippen LogP contribution in [0.25, 0.3) is 11.0 Å². The molecule has 3 aromatic carbocycles. The van der Waals surface area contributed by atoms with Gasteiger partial charge in [0.25, 0.3) is 0 Å². The minimum absolute atomic E-state index is 0.0782. The second-order valence-corrected chi connectivity index (χ2v) is 11.8. The number of benzene rings is 3. The van der Waals surface area contributed by atoms with E-state index in [1.807, 2.05) is 6.07 Å². The number of rotatable bonds is 10. The summed E-state index contributed by atoms with van der Waals surface area (Å²) in [4.78, 5) is 23.1. The summed E-state index contributed by atoms with van der Waals surface area (Å²) in [5.74, 6) is 0.613. The van der Waals surface area contributed by atoms with Crippen LogP contribution < -0.4 is 14.4 Å². The van der Waals surface area contributed by atoms with Crippen LogP contribution in [0.4, 0.5) is 11.6 Å². The lowest BCUT2D eigenvalue weighted by Gasteiger charge is -2.33. The van der Waals surface area contributed by atoms with Gasteiger partial charge in [-0.05, 0) is 67.6 Å². The van der Waals surface area contributed by atoms with Crippen molar-refractivity contribution in [3.05, 3.63) is 78.4 Å². The van der Waals surface area contributed by atoms with Gasteiger partial charge < -0.3 is 14.5 Å². The highest BCUT2D eigenvalue weighted by atomic mass is 32.2. The predicted molar refractivity (Wildman–Crippen MR) is 150 cm³/mol. The molecule has 1 saturated carbocycles. The Morgan fingerprint density at radius 3 is 2.44 bits per heavy atom. The van der Waals surface area contributed by atoms with E-state index in [-0.39, 0.29) is 16.7 Å². The third-order valence-electron chi connectivity index (χ3n) is 7.30.